The Kier molecular flexibility index (Phi) is 3.44. The van der Waals surface area contributed by atoms with Crippen molar-refractivity contribution >= 4 is 11.5 Å². The Hall–Kier alpha value is -1.89. The number of ether oxygens (including phenoxy) is 1. The summed E-state index contributed by atoms with van der Waals surface area (Å²) in [5.41, 5.74) is 0.961. The van der Waals surface area contributed by atoms with E-state index in [4.69, 9.17) is 4.74 Å². The molecule has 114 valence electrons. The van der Waals surface area contributed by atoms with Crippen LogP contribution in [-0.2, 0) is 10.2 Å². The van der Waals surface area contributed by atoms with Crippen LogP contribution in [0.2, 0.25) is 0 Å². The van der Waals surface area contributed by atoms with Crippen LogP contribution in [0.25, 0.3) is 5.65 Å². The van der Waals surface area contributed by atoms with Crippen molar-refractivity contribution in [2.45, 2.75) is 45.1 Å². The summed E-state index contributed by atoms with van der Waals surface area (Å²) in [4.78, 5) is 16.5. The molecule has 0 radical (unpaired) electrons. The average molecular weight is 291 g/mol. The molecule has 0 amide bonds. The van der Waals surface area contributed by atoms with Gasteiger partial charge >= 0.3 is 5.69 Å². The smallest absolute Gasteiger partial charge is 0.347 e. The zero-order chi connectivity index (χ0) is 15.0. The molecule has 2 aromatic heterocycles. The lowest BCUT2D eigenvalue weighted by Crippen LogP contribution is -2.23. The number of nitrogens with zero attached hydrogens (tertiary/aromatic N) is 3. The van der Waals surface area contributed by atoms with E-state index in [-0.39, 0.29) is 17.2 Å². The minimum Gasteiger partial charge on any atom is -0.376 e. The maximum atomic E-state index is 11.8. The maximum absolute atomic E-state index is 11.8. The summed E-state index contributed by atoms with van der Waals surface area (Å²) in [7, 11) is 0. The van der Waals surface area contributed by atoms with E-state index in [1.165, 1.54) is 4.40 Å². The van der Waals surface area contributed by atoms with Gasteiger partial charge in [0.05, 0.1) is 11.8 Å². The second-order valence-electron chi connectivity index (χ2n) is 6.46. The SMILES string of the molecule is CC(C)(C)c1cn2c(=O)[nH]nc2c(NCC2CCCO2)n1. The number of anilines is 1. The molecule has 1 fully saturated rings. The highest BCUT2D eigenvalue weighted by molar-refractivity contribution is 5.62. The van der Waals surface area contributed by atoms with Crippen molar-refractivity contribution in [2.24, 2.45) is 0 Å². The van der Waals surface area contributed by atoms with Crippen molar-refractivity contribution < 1.29 is 4.74 Å². The first-order valence-corrected chi connectivity index (χ1v) is 7.29. The number of H-pyrrole nitrogens is 1. The van der Waals surface area contributed by atoms with Crippen molar-refractivity contribution in [1.29, 1.82) is 0 Å². The van der Waals surface area contributed by atoms with Gasteiger partial charge in [0.15, 0.2) is 5.82 Å². The third-order valence-electron chi connectivity index (χ3n) is 3.69. The molecule has 21 heavy (non-hydrogen) atoms. The molecule has 1 atom stereocenters. The quantitative estimate of drug-likeness (QED) is 0.890. The minimum absolute atomic E-state index is 0.148. The molecule has 2 N–H and O–H groups in total. The molecule has 7 nitrogen and oxygen atoms in total. The zero-order valence-corrected chi connectivity index (χ0v) is 12.6. The molecule has 1 aliphatic heterocycles. The summed E-state index contributed by atoms with van der Waals surface area (Å²) in [6.45, 7) is 7.69. The van der Waals surface area contributed by atoms with Crippen molar-refractivity contribution in [3.63, 3.8) is 0 Å². The van der Waals surface area contributed by atoms with Crippen LogP contribution < -0.4 is 11.0 Å². The van der Waals surface area contributed by atoms with E-state index in [9.17, 15) is 4.79 Å². The Balaban J connectivity index is 1.96. The molecule has 0 spiro atoms. The molecule has 7 heteroatoms. The molecule has 0 bridgehead atoms. The molecule has 0 saturated carbocycles. The Labute approximate surface area is 122 Å². The molecular formula is C14H21N5O2. The van der Waals surface area contributed by atoms with Crippen LogP contribution in [0.4, 0.5) is 5.82 Å². The van der Waals surface area contributed by atoms with E-state index in [0.717, 1.165) is 25.1 Å². The Morgan fingerprint density at radius 2 is 2.33 bits per heavy atom. The average Bonchev–Trinajstić information content (AvgIpc) is 3.05. The van der Waals surface area contributed by atoms with E-state index in [0.29, 0.717) is 18.0 Å². The van der Waals surface area contributed by atoms with Crippen LogP contribution in [0.5, 0.6) is 0 Å². The summed E-state index contributed by atoms with van der Waals surface area (Å²) >= 11 is 0. The largest absolute Gasteiger partial charge is 0.376 e. The van der Waals surface area contributed by atoms with E-state index < -0.39 is 0 Å². The Morgan fingerprint density at radius 1 is 1.52 bits per heavy atom. The highest BCUT2D eigenvalue weighted by Gasteiger charge is 2.21. The molecule has 3 heterocycles. The summed E-state index contributed by atoms with van der Waals surface area (Å²) in [5, 5.41) is 9.79. The second kappa shape index (κ2) is 5.14. The standard InChI is InChI=1S/C14H21N5O2/c1-14(2,3)10-8-19-12(17-18-13(19)20)11(16-10)15-7-9-5-4-6-21-9/h8-9H,4-7H2,1-3H3,(H,15,16)(H,18,20). The van der Waals surface area contributed by atoms with E-state index in [1.54, 1.807) is 6.20 Å². The van der Waals surface area contributed by atoms with Gasteiger partial charge in [-0.25, -0.2) is 19.3 Å². The highest BCUT2D eigenvalue weighted by Crippen LogP contribution is 2.23. The molecule has 1 saturated heterocycles. The number of rotatable bonds is 3. The summed E-state index contributed by atoms with van der Waals surface area (Å²) in [5.74, 6) is 0.622. The van der Waals surface area contributed by atoms with Crippen LogP contribution in [0.15, 0.2) is 11.0 Å². The van der Waals surface area contributed by atoms with Gasteiger partial charge in [-0.15, -0.1) is 5.10 Å². The van der Waals surface area contributed by atoms with Gasteiger partial charge in [-0.3, -0.25) is 0 Å². The van der Waals surface area contributed by atoms with Gasteiger partial charge in [-0.2, -0.15) is 0 Å². The summed E-state index contributed by atoms with van der Waals surface area (Å²) in [6, 6.07) is 0. The summed E-state index contributed by atoms with van der Waals surface area (Å²) < 4.78 is 7.11. The van der Waals surface area contributed by atoms with Crippen LogP contribution in [0.3, 0.4) is 0 Å². The van der Waals surface area contributed by atoms with Crippen molar-refractivity contribution in [3.05, 3.63) is 22.4 Å². The molecule has 0 aliphatic carbocycles. The van der Waals surface area contributed by atoms with Crippen LogP contribution in [-0.4, -0.2) is 38.8 Å². The monoisotopic (exact) mass is 291 g/mol. The topological polar surface area (TPSA) is 84.3 Å². The van der Waals surface area contributed by atoms with Gasteiger partial charge in [0.2, 0.25) is 5.65 Å². The molecule has 2 aromatic rings. The van der Waals surface area contributed by atoms with Gasteiger partial charge < -0.3 is 10.1 Å². The van der Waals surface area contributed by atoms with Gasteiger partial charge in [0, 0.05) is 24.8 Å². The zero-order valence-electron chi connectivity index (χ0n) is 12.6. The predicted octanol–water partition coefficient (Wildman–Crippen LogP) is 1.31. The van der Waals surface area contributed by atoms with Crippen molar-refractivity contribution in [3.8, 4) is 0 Å². The minimum atomic E-state index is -0.252. The highest BCUT2D eigenvalue weighted by atomic mass is 16.5. The van der Waals surface area contributed by atoms with Gasteiger partial charge in [-0.1, -0.05) is 20.8 Å². The van der Waals surface area contributed by atoms with Gasteiger partial charge in [-0.05, 0) is 12.8 Å². The Morgan fingerprint density at radius 3 is 3.00 bits per heavy atom. The summed E-state index contributed by atoms with van der Waals surface area (Å²) in [6.07, 6.45) is 4.10. The lowest BCUT2D eigenvalue weighted by Gasteiger charge is -2.19. The fourth-order valence-electron chi connectivity index (χ4n) is 2.41. The molecule has 0 aromatic carbocycles. The number of aromatic amines is 1. The molecular weight excluding hydrogens is 270 g/mol. The number of nitrogens with one attached hydrogen (secondary N) is 2. The van der Waals surface area contributed by atoms with E-state index in [2.05, 4.69) is 41.3 Å². The predicted molar refractivity (Wildman–Crippen MR) is 79.8 cm³/mol. The fourth-order valence-corrected chi connectivity index (χ4v) is 2.41. The lowest BCUT2D eigenvalue weighted by molar-refractivity contribution is 0.120. The van der Waals surface area contributed by atoms with E-state index >= 15 is 0 Å². The molecule has 1 unspecified atom stereocenters. The number of fused-ring (bicyclic) bond motifs is 1. The van der Waals surface area contributed by atoms with Crippen molar-refractivity contribution in [2.75, 3.05) is 18.5 Å². The van der Waals surface area contributed by atoms with Crippen LogP contribution >= 0.6 is 0 Å². The second-order valence-corrected chi connectivity index (χ2v) is 6.46. The number of hydrogen-bond acceptors (Lipinski definition) is 5. The molecule has 3 rings (SSSR count). The number of hydrogen-bond donors (Lipinski definition) is 2. The first-order valence-electron chi connectivity index (χ1n) is 7.29. The van der Waals surface area contributed by atoms with Crippen LogP contribution in [0, 0.1) is 0 Å². The van der Waals surface area contributed by atoms with Gasteiger partial charge in [0.1, 0.15) is 0 Å². The maximum Gasteiger partial charge on any atom is 0.347 e. The first-order chi connectivity index (χ1) is 9.95. The van der Waals surface area contributed by atoms with Crippen molar-refractivity contribution in [1.82, 2.24) is 19.6 Å². The third kappa shape index (κ3) is 2.78. The van der Waals surface area contributed by atoms with Gasteiger partial charge in [0.25, 0.3) is 0 Å². The molecule has 1 aliphatic rings. The Bertz CT molecular complexity index is 691. The lowest BCUT2D eigenvalue weighted by atomic mass is 9.93. The van der Waals surface area contributed by atoms with Crippen LogP contribution in [0.1, 0.15) is 39.3 Å². The number of aromatic nitrogens is 4. The first kappa shape index (κ1) is 14.1. The van der Waals surface area contributed by atoms with E-state index in [1.807, 2.05) is 0 Å². The third-order valence-corrected chi connectivity index (χ3v) is 3.69. The normalized spacial score (nSPS) is 19.3. The fraction of sp³-hybridized carbons (Fsp3) is 0.643.